The Morgan fingerprint density at radius 1 is 1.25 bits per heavy atom. The standard InChI is InChI=1S/C14H12F4O5.Li.H/c1-2-22-13(21)12(20)6-11(19)8-3-9(15)5-10(4-8)23-7-14(16,17)18;;/h3-6,19H,2,7H2,1H3;;. The molecule has 0 heterocycles. The van der Waals surface area contributed by atoms with Crippen LogP contribution < -0.4 is 4.74 Å². The molecule has 0 aliphatic rings. The zero-order chi connectivity index (χ0) is 17.6. The number of aliphatic hydroxyl groups is 1. The molecule has 1 aromatic carbocycles. The van der Waals surface area contributed by atoms with Gasteiger partial charge in [-0.1, -0.05) is 0 Å². The number of hydrogen-bond acceptors (Lipinski definition) is 5. The molecule has 1 N–H and O–H groups in total. The molecule has 0 atom stereocenters. The number of benzene rings is 1. The SMILES string of the molecule is CCOC(=O)C(=O)C=C(O)c1cc(F)cc(OCC(F)(F)F)c1.[LiH]. The van der Waals surface area contributed by atoms with Gasteiger partial charge in [0.05, 0.1) is 6.61 Å². The van der Waals surface area contributed by atoms with E-state index in [9.17, 15) is 32.3 Å². The number of carbonyl (C=O) groups is 2. The Bertz CT molecular complexity index is 628. The average molecular weight is 344 g/mol. The fourth-order valence-corrected chi connectivity index (χ4v) is 1.43. The summed E-state index contributed by atoms with van der Waals surface area (Å²) in [5, 5.41) is 9.67. The predicted octanol–water partition coefficient (Wildman–Crippen LogP) is 2.15. The van der Waals surface area contributed by atoms with Gasteiger partial charge in [0, 0.05) is 17.7 Å². The summed E-state index contributed by atoms with van der Waals surface area (Å²) in [5.74, 6) is -4.75. The molecule has 5 nitrogen and oxygen atoms in total. The van der Waals surface area contributed by atoms with Crippen molar-refractivity contribution < 1.29 is 41.7 Å². The van der Waals surface area contributed by atoms with Crippen LogP contribution in [0.15, 0.2) is 24.3 Å². The maximum absolute atomic E-state index is 13.3. The van der Waals surface area contributed by atoms with Gasteiger partial charge in [0.25, 0.3) is 5.78 Å². The van der Waals surface area contributed by atoms with Crippen molar-refractivity contribution in [1.29, 1.82) is 0 Å². The van der Waals surface area contributed by atoms with Gasteiger partial charge >= 0.3 is 31.0 Å². The summed E-state index contributed by atoms with van der Waals surface area (Å²) in [6, 6.07) is 2.32. The second-order valence-electron chi connectivity index (χ2n) is 4.19. The molecule has 0 saturated carbocycles. The minimum atomic E-state index is -4.62. The Labute approximate surface area is 146 Å². The molecule has 1 rings (SSSR count). The van der Waals surface area contributed by atoms with E-state index in [1.54, 1.807) is 0 Å². The van der Waals surface area contributed by atoms with Crippen LogP contribution in [0.1, 0.15) is 12.5 Å². The molecule has 24 heavy (non-hydrogen) atoms. The van der Waals surface area contributed by atoms with Crippen molar-refractivity contribution in [2.45, 2.75) is 13.1 Å². The van der Waals surface area contributed by atoms with Gasteiger partial charge in [-0.3, -0.25) is 4.79 Å². The zero-order valence-corrected chi connectivity index (χ0v) is 11.8. The van der Waals surface area contributed by atoms with Crippen molar-refractivity contribution in [3.05, 3.63) is 35.7 Å². The topological polar surface area (TPSA) is 72.8 Å². The van der Waals surface area contributed by atoms with Crippen LogP contribution in [-0.2, 0) is 14.3 Å². The van der Waals surface area contributed by atoms with Crippen molar-refractivity contribution in [3.63, 3.8) is 0 Å². The molecule has 0 amide bonds. The average Bonchev–Trinajstić information content (AvgIpc) is 2.44. The van der Waals surface area contributed by atoms with Crippen LogP contribution in [0, 0.1) is 5.82 Å². The van der Waals surface area contributed by atoms with Gasteiger partial charge in [-0.25, -0.2) is 9.18 Å². The fourth-order valence-electron chi connectivity index (χ4n) is 1.43. The normalized spacial score (nSPS) is 11.5. The molecule has 0 radical (unpaired) electrons. The van der Waals surface area contributed by atoms with Crippen LogP contribution in [0.5, 0.6) is 5.75 Å². The zero-order valence-electron chi connectivity index (χ0n) is 11.8. The molecule has 0 spiro atoms. The van der Waals surface area contributed by atoms with E-state index in [-0.39, 0.29) is 31.0 Å². The first-order valence-corrected chi connectivity index (χ1v) is 6.24. The van der Waals surface area contributed by atoms with Gasteiger partial charge in [0.2, 0.25) is 0 Å². The van der Waals surface area contributed by atoms with Gasteiger partial charge in [-0.15, -0.1) is 0 Å². The molecule has 0 aliphatic carbocycles. The van der Waals surface area contributed by atoms with E-state index in [2.05, 4.69) is 9.47 Å². The molecule has 0 saturated heterocycles. The summed E-state index contributed by atoms with van der Waals surface area (Å²) >= 11 is 0. The van der Waals surface area contributed by atoms with Gasteiger partial charge in [0.15, 0.2) is 6.61 Å². The number of carbonyl (C=O) groups excluding carboxylic acids is 2. The summed E-state index contributed by atoms with van der Waals surface area (Å²) in [7, 11) is 0. The number of esters is 1. The van der Waals surface area contributed by atoms with Gasteiger partial charge in [-0.2, -0.15) is 13.2 Å². The molecule has 0 bridgehead atoms. The van der Waals surface area contributed by atoms with E-state index < -0.39 is 41.9 Å². The van der Waals surface area contributed by atoms with Crippen LogP contribution in [0.25, 0.3) is 5.76 Å². The van der Waals surface area contributed by atoms with Crippen LogP contribution in [0.2, 0.25) is 0 Å². The third-order valence-electron chi connectivity index (χ3n) is 2.31. The maximum atomic E-state index is 13.3. The van der Waals surface area contributed by atoms with E-state index >= 15 is 0 Å². The molecular weight excluding hydrogens is 331 g/mol. The second-order valence-corrected chi connectivity index (χ2v) is 4.19. The third kappa shape index (κ3) is 7.52. The second kappa shape index (κ2) is 9.35. The molecule has 128 valence electrons. The first kappa shape index (κ1) is 22.0. The fraction of sp³-hybridized carbons (Fsp3) is 0.286. The molecule has 10 heteroatoms. The molecule has 0 fully saturated rings. The van der Waals surface area contributed by atoms with Crippen molar-refractivity contribution in [1.82, 2.24) is 0 Å². The Morgan fingerprint density at radius 2 is 1.88 bits per heavy atom. The van der Waals surface area contributed by atoms with Crippen molar-refractivity contribution in [2.75, 3.05) is 13.2 Å². The Morgan fingerprint density at radius 3 is 2.42 bits per heavy atom. The van der Waals surface area contributed by atoms with E-state index in [0.717, 1.165) is 12.1 Å². The number of aliphatic hydroxyl groups excluding tert-OH is 1. The number of rotatable bonds is 6. The number of hydrogen-bond donors (Lipinski definition) is 1. The first-order valence-electron chi connectivity index (χ1n) is 6.24. The van der Waals surface area contributed by atoms with E-state index in [1.165, 1.54) is 6.92 Å². The summed E-state index contributed by atoms with van der Waals surface area (Å²) in [6.45, 7) is -0.248. The number of alkyl halides is 3. The Hall–Kier alpha value is -1.98. The van der Waals surface area contributed by atoms with Gasteiger partial charge in [0.1, 0.15) is 17.3 Å². The van der Waals surface area contributed by atoms with E-state index in [4.69, 9.17) is 0 Å². The van der Waals surface area contributed by atoms with Crippen molar-refractivity contribution in [3.8, 4) is 5.75 Å². The molecular formula is C14H13F4LiO5. The summed E-state index contributed by atoms with van der Waals surface area (Å²) in [5.41, 5.74) is -0.333. The molecule has 0 aromatic heterocycles. The van der Waals surface area contributed by atoms with Crippen LogP contribution in [0.3, 0.4) is 0 Å². The van der Waals surface area contributed by atoms with E-state index in [0.29, 0.717) is 12.1 Å². The first-order chi connectivity index (χ1) is 10.6. The number of ketones is 1. The van der Waals surface area contributed by atoms with Gasteiger partial charge < -0.3 is 14.6 Å². The van der Waals surface area contributed by atoms with E-state index in [1.807, 2.05) is 0 Å². The van der Waals surface area contributed by atoms with Gasteiger partial charge in [-0.05, 0) is 19.1 Å². The molecule has 0 aliphatic heterocycles. The quantitative estimate of drug-likeness (QED) is 0.214. The van der Waals surface area contributed by atoms with Crippen LogP contribution >= 0.6 is 0 Å². The predicted molar refractivity (Wildman–Crippen MR) is 77.3 cm³/mol. The van der Waals surface area contributed by atoms with Crippen molar-refractivity contribution >= 4 is 36.4 Å². The van der Waals surface area contributed by atoms with Crippen molar-refractivity contribution in [2.24, 2.45) is 0 Å². The third-order valence-corrected chi connectivity index (χ3v) is 2.31. The molecule has 1 aromatic rings. The number of halogens is 4. The Balaban J connectivity index is 0.00000529. The minimum absolute atomic E-state index is 0. The molecule has 0 unspecified atom stereocenters. The van der Waals surface area contributed by atoms with Crippen LogP contribution in [-0.4, -0.2) is 55.1 Å². The number of ether oxygens (including phenoxy) is 2. The summed E-state index contributed by atoms with van der Waals surface area (Å²) < 4.78 is 58.3. The summed E-state index contributed by atoms with van der Waals surface area (Å²) in [6.07, 6.45) is -4.15. The monoisotopic (exact) mass is 344 g/mol. The van der Waals surface area contributed by atoms with Crippen LogP contribution in [0.4, 0.5) is 17.6 Å². The summed E-state index contributed by atoms with van der Waals surface area (Å²) in [4.78, 5) is 22.5. The Kier molecular flexibility index (Phi) is 8.57.